The van der Waals surface area contributed by atoms with E-state index in [0.717, 1.165) is 32.7 Å². The Bertz CT molecular complexity index is 542. The first kappa shape index (κ1) is 19.9. The highest BCUT2D eigenvalue weighted by Gasteiger charge is 2.23. The molecule has 25 heavy (non-hydrogen) atoms. The smallest absolute Gasteiger partial charge is 0.237 e. The Morgan fingerprint density at radius 2 is 1.80 bits per heavy atom. The highest BCUT2D eigenvalue weighted by molar-refractivity contribution is 5.81. The Morgan fingerprint density at radius 3 is 2.40 bits per heavy atom. The van der Waals surface area contributed by atoms with E-state index in [1.54, 1.807) is 0 Å². The monoisotopic (exact) mass is 346 g/mol. The van der Waals surface area contributed by atoms with Crippen LogP contribution < -0.4 is 5.32 Å². The molecule has 2 rings (SSSR count). The fourth-order valence-corrected chi connectivity index (χ4v) is 3.53. The zero-order valence-electron chi connectivity index (χ0n) is 16.5. The molecule has 0 unspecified atom stereocenters. The van der Waals surface area contributed by atoms with Crippen LogP contribution in [-0.2, 0) is 17.9 Å². The topological polar surface area (TPSA) is 38.8 Å². The van der Waals surface area contributed by atoms with Crippen molar-refractivity contribution in [2.45, 2.75) is 33.0 Å². The van der Waals surface area contributed by atoms with Gasteiger partial charge in [0.05, 0.1) is 6.04 Å². The van der Waals surface area contributed by atoms with Crippen LogP contribution in [0.3, 0.4) is 0 Å². The van der Waals surface area contributed by atoms with Crippen LogP contribution in [0, 0.1) is 5.92 Å². The van der Waals surface area contributed by atoms with Crippen LogP contribution in [0.25, 0.3) is 0 Å². The number of carbonyl (C=O) groups is 1. The van der Waals surface area contributed by atoms with E-state index in [1.807, 2.05) is 19.0 Å². The van der Waals surface area contributed by atoms with Crippen LogP contribution >= 0.6 is 0 Å². The third kappa shape index (κ3) is 6.10. The second-order valence-corrected chi connectivity index (χ2v) is 7.77. The van der Waals surface area contributed by atoms with Crippen molar-refractivity contribution >= 4 is 5.91 Å². The molecule has 5 heteroatoms. The molecule has 140 valence electrons. The summed E-state index contributed by atoms with van der Waals surface area (Å²) in [7, 11) is 6.10. The van der Waals surface area contributed by atoms with Gasteiger partial charge in [0.25, 0.3) is 0 Å². The maximum atomic E-state index is 12.5. The van der Waals surface area contributed by atoms with Crippen molar-refractivity contribution in [1.29, 1.82) is 0 Å². The lowest BCUT2D eigenvalue weighted by Gasteiger charge is -2.32. The zero-order chi connectivity index (χ0) is 18.4. The van der Waals surface area contributed by atoms with Crippen molar-refractivity contribution in [1.82, 2.24) is 20.0 Å². The summed E-state index contributed by atoms with van der Waals surface area (Å²) in [6, 6.07) is 8.50. The van der Waals surface area contributed by atoms with Crippen LogP contribution in [0.15, 0.2) is 24.3 Å². The second kappa shape index (κ2) is 9.32. The van der Waals surface area contributed by atoms with Gasteiger partial charge in [0.2, 0.25) is 5.91 Å². The van der Waals surface area contributed by atoms with Gasteiger partial charge in [-0.3, -0.25) is 14.6 Å². The van der Waals surface area contributed by atoms with Gasteiger partial charge in [-0.1, -0.05) is 38.1 Å². The van der Waals surface area contributed by atoms with E-state index in [0.29, 0.717) is 12.5 Å². The van der Waals surface area contributed by atoms with Crippen molar-refractivity contribution in [3.8, 4) is 0 Å². The summed E-state index contributed by atoms with van der Waals surface area (Å²) in [5, 5.41) is 3.10. The molecule has 1 aromatic rings. The average Bonchev–Trinajstić information content (AvgIpc) is 2.55. The molecule has 1 fully saturated rings. The van der Waals surface area contributed by atoms with Crippen molar-refractivity contribution in [3.63, 3.8) is 0 Å². The summed E-state index contributed by atoms with van der Waals surface area (Å²) < 4.78 is 0. The van der Waals surface area contributed by atoms with Crippen LogP contribution in [-0.4, -0.2) is 74.0 Å². The first-order chi connectivity index (χ1) is 11.9. The number of benzene rings is 1. The SMILES string of the molecule is CC(C)[C@@H](C(=O)NCc1cccc(CN2CCN(C)CC2)c1)N(C)C. The number of likely N-dealkylation sites (N-methyl/N-ethyl adjacent to an activating group) is 2. The lowest BCUT2D eigenvalue weighted by atomic mass is 10.0. The van der Waals surface area contributed by atoms with E-state index < -0.39 is 0 Å². The number of nitrogens with one attached hydrogen (secondary N) is 1. The average molecular weight is 347 g/mol. The lowest BCUT2D eigenvalue weighted by molar-refractivity contribution is -0.127. The number of hydrogen-bond donors (Lipinski definition) is 1. The molecule has 1 aliphatic rings. The number of amides is 1. The summed E-state index contributed by atoms with van der Waals surface area (Å²) >= 11 is 0. The molecular formula is C20H34N4O. The second-order valence-electron chi connectivity index (χ2n) is 7.77. The predicted octanol–water partition coefficient (Wildman–Crippen LogP) is 1.64. The molecule has 1 aliphatic heterocycles. The number of carbonyl (C=O) groups excluding carboxylic acids is 1. The Balaban J connectivity index is 1.89. The van der Waals surface area contributed by atoms with Crippen LogP contribution in [0.2, 0.25) is 0 Å². The number of hydrogen-bond acceptors (Lipinski definition) is 4. The molecule has 1 aromatic carbocycles. The van der Waals surface area contributed by atoms with E-state index in [1.165, 1.54) is 11.1 Å². The number of piperazine rings is 1. The summed E-state index contributed by atoms with van der Waals surface area (Å²) in [6.45, 7) is 10.3. The van der Waals surface area contributed by atoms with Gasteiger partial charge in [-0.25, -0.2) is 0 Å². The van der Waals surface area contributed by atoms with E-state index in [2.05, 4.69) is 60.3 Å². The molecule has 1 heterocycles. The van der Waals surface area contributed by atoms with Crippen molar-refractivity contribution in [3.05, 3.63) is 35.4 Å². The summed E-state index contributed by atoms with van der Waals surface area (Å²) in [6.07, 6.45) is 0. The van der Waals surface area contributed by atoms with E-state index in [9.17, 15) is 4.79 Å². The number of nitrogens with zero attached hydrogens (tertiary/aromatic N) is 3. The molecule has 0 aliphatic carbocycles. The maximum absolute atomic E-state index is 12.5. The molecule has 0 bridgehead atoms. The predicted molar refractivity (Wildman–Crippen MR) is 103 cm³/mol. The van der Waals surface area contributed by atoms with Gasteiger partial charge >= 0.3 is 0 Å². The number of rotatable bonds is 7. The van der Waals surface area contributed by atoms with E-state index in [4.69, 9.17) is 0 Å². The van der Waals surface area contributed by atoms with Crippen molar-refractivity contribution < 1.29 is 4.79 Å². The Hall–Kier alpha value is -1.43. The standard InChI is InChI=1S/C20H34N4O/c1-16(2)19(22(3)4)20(25)21-14-17-7-6-8-18(13-17)15-24-11-9-23(5)10-12-24/h6-8,13,16,19H,9-12,14-15H2,1-5H3,(H,21,25)/t19-/m0/s1. The van der Waals surface area contributed by atoms with Gasteiger partial charge in [0, 0.05) is 39.3 Å². The molecule has 0 radical (unpaired) electrons. The van der Waals surface area contributed by atoms with Gasteiger partial charge in [-0.15, -0.1) is 0 Å². The molecule has 5 nitrogen and oxygen atoms in total. The maximum Gasteiger partial charge on any atom is 0.237 e. The Kier molecular flexibility index (Phi) is 7.41. The Labute approximate surface area is 153 Å². The van der Waals surface area contributed by atoms with Gasteiger partial charge in [0.15, 0.2) is 0 Å². The van der Waals surface area contributed by atoms with Crippen LogP contribution in [0.4, 0.5) is 0 Å². The first-order valence-electron chi connectivity index (χ1n) is 9.29. The minimum absolute atomic E-state index is 0.0893. The quantitative estimate of drug-likeness (QED) is 0.815. The molecule has 1 saturated heterocycles. The Morgan fingerprint density at radius 1 is 1.16 bits per heavy atom. The molecule has 0 aromatic heterocycles. The van der Waals surface area contributed by atoms with Gasteiger partial charge in [-0.2, -0.15) is 0 Å². The van der Waals surface area contributed by atoms with Gasteiger partial charge in [-0.05, 0) is 38.2 Å². The van der Waals surface area contributed by atoms with Crippen molar-refractivity contribution in [2.75, 3.05) is 47.3 Å². The zero-order valence-corrected chi connectivity index (χ0v) is 16.5. The summed E-state index contributed by atoms with van der Waals surface area (Å²) in [5.41, 5.74) is 2.49. The van der Waals surface area contributed by atoms with Gasteiger partial charge < -0.3 is 10.2 Å². The highest BCUT2D eigenvalue weighted by Crippen LogP contribution is 2.12. The fourth-order valence-electron chi connectivity index (χ4n) is 3.53. The minimum atomic E-state index is -0.0893. The molecule has 1 amide bonds. The van der Waals surface area contributed by atoms with Crippen LogP contribution in [0.5, 0.6) is 0 Å². The third-order valence-corrected chi connectivity index (χ3v) is 4.92. The van der Waals surface area contributed by atoms with Crippen molar-refractivity contribution in [2.24, 2.45) is 5.92 Å². The normalized spacial score (nSPS) is 17.9. The molecule has 1 N–H and O–H groups in total. The summed E-state index contributed by atoms with van der Waals surface area (Å²) in [4.78, 5) is 19.3. The fraction of sp³-hybridized carbons (Fsp3) is 0.650. The lowest BCUT2D eigenvalue weighted by Crippen LogP contribution is -2.46. The van der Waals surface area contributed by atoms with E-state index in [-0.39, 0.29) is 11.9 Å². The molecular weight excluding hydrogens is 312 g/mol. The molecule has 0 saturated carbocycles. The molecule has 0 spiro atoms. The van der Waals surface area contributed by atoms with E-state index >= 15 is 0 Å². The largest absolute Gasteiger partial charge is 0.351 e. The third-order valence-electron chi connectivity index (χ3n) is 4.92. The molecule has 1 atom stereocenters. The summed E-state index contributed by atoms with van der Waals surface area (Å²) in [5.74, 6) is 0.392. The first-order valence-corrected chi connectivity index (χ1v) is 9.29. The van der Waals surface area contributed by atoms with Gasteiger partial charge in [0.1, 0.15) is 0 Å². The minimum Gasteiger partial charge on any atom is -0.351 e. The van der Waals surface area contributed by atoms with Crippen LogP contribution in [0.1, 0.15) is 25.0 Å². The highest BCUT2D eigenvalue weighted by atomic mass is 16.2.